The van der Waals surface area contributed by atoms with E-state index in [1.54, 1.807) is 0 Å². The van der Waals surface area contributed by atoms with E-state index in [2.05, 4.69) is 63.1 Å². The maximum atomic E-state index is 2.32. The van der Waals surface area contributed by atoms with Gasteiger partial charge in [0.15, 0.2) is 0 Å². The van der Waals surface area contributed by atoms with Gasteiger partial charge in [-0.25, -0.2) is 0 Å². The predicted molar refractivity (Wildman–Crippen MR) is 79.3 cm³/mol. The fourth-order valence-electron chi connectivity index (χ4n) is 2.59. The van der Waals surface area contributed by atoms with E-state index in [-0.39, 0.29) is 0 Å². The molecule has 1 aliphatic heterocycles. The van der Waals surface area contributed by atoms with Crippen LogP contribution in [0.1, 0.15) is 16.7 Å². The van der Waals surface area contributed by atoms with E-state index in [4.69, 9.17) is 0 Å². The van der Waals surface area contributed by atoms with Crippen molar-refractivity contribution >= 4 is 23.1 Å². The smallest absolute Gasteiger partial charge is 0.0582 e. The molecule has 18 heavy (non-hydrogen) atoms. The van der Waals surface area contributed by atoms with Gasteiger partial charge in [0.1, 0.15) is 0 Å². The zero-order valence-electron chi connectivity index (χ0n) is 11.2. The predicted octanol–water partition coefficient (Wildman–Crippen LogP) is 4.84. The second-order valence-electron chi connectivity index (χ2n) is 4.92. The zero-order valence-corrected chi connectivity index (χ0v) is 12.1. The molecule has 0 saturated heterocycles. The average molecular weight is 255 g/mol. The molecular formula is C16H17NS. The van der Waals surface area contributed by atoms with Crippen molar-refractivity contribution in [3.63, 3.8) is 0 Å². The maximum Gasteiger partial charge on any atom is 0.0582 e. The van der Waals surface area contributed by atoms with Gasteiger partial charge in [-0.15, -0.1) is 0 Å². The molecule has 0 radical (unpaired) electrons. The molecule has 0 unspecified atom stereocenters. The molecule has 0 aromatic heterocycles. The summed E-state index contributed by atoms with van der Waals surface area (Å²) < 4.78 is 0. The number of nitrogens with zero attached hydrogens (tertiary/aromatic N) is 1. The SMILES string of the molecule is Cc1cc2c(c(C)c1C)N(C)c1ccccc1S2. The minimum absolute atomic E-state index is 1.31. The molecule has 0 N–H and O–H groups in total. The Kier molecular flexibility index (Phi) is 2.63. The van der Waals surface area contributed by atoms with Gasteiger partial charge >= 0.3 is 0 Å². The molecule has 0 amide bonds. The van der Waals surface area contributed by atoms with E-state index < -0.39 is 0 Å². The molecule has 92 valence electrons. The van der Waals surface area contributed by atoms with E-state index in [1.807, 2.05) is 11.8 Å². The van der Waals surface area contributed by atoms with Crippen LogP contribution in [0.5, 0.6) is 0 Å². The highest BCUT2D eigenvalue weighted by molar-refractivity contribution is 7.99. The van der Waals surface area contributed by atoms with Gasteiger partial charge in [0.2, 0.25) is 0 Å². The summed E-state index contributed by atoms with van der Waals surface area (Å²) in [6, 6.07) is 10.9. The van der Waals surface area contributed by atoms with Crippen LogP contribution in [0.3, 0.4) is 0 Å². The topological polar surface area (TPSA) is 3.24 Å². The largest absolute Gasteiger partial charge is 0.343 e. The molecular weight excluding hydrogens is 238 g/mol. The maximum absolute atomic E-state index is 2.32. The summed E-state index contributed by atoms with van der Waals surface area (Å²) >= 11 is 1.88. The van der Waals surface area contributed by atoms with Crippen molar-refractivity contribution in [2.75, 3.05) is 11.9 Å². The Balaban J connectivity index is 2.26. The number of para-hydroxylation sites is 1. The van der Waals surface area contributed by atoms with Crippen LogP contribution in [-0.2, 0) is 0 Å². The fourth-order valence-corrected chi connectivity index (χ4v) is 3.90. The lowest BCUT2D eigenvalue weighted by Crippen LogP contribution is -2.16. The molecule has 1 nitrogen and oxygen atoms in total. The second-order valence-corrected chi connectivity index (χ2v) is 6.00. The summed E-state index contributed by atoms with van der Waals surface area (Å²) in [6.07, 6.45) is 0. The molecule has 2 heteroatoms. The van der Waals surface area contributed by atoms with Crippen LogP contribution in [-0.4, -0.2) is 7.05 Å². The van der Waals surface area contributed by atoms with Gasteiger partial charge in [-0.05, 0) is 55.7 Å². The van der Waals surface area contributed by atoms with Crippen molar-refractivity contribution < 1.29 is 0 Å². The van der Waals surface area contributed by atoms with E-state index in [9.17, 15) is 0 Å². The molecule has 2 aromatic carbocycles. The Hall–Kier alpha value is -1.41. The summed E-state index contributed by atoms with van der Waals surface area (Å²) in [4.78, 5) is 5.04. The minimum Gasteiger partial charge on any atom is -0.343 e. The third kappa shape index (κ3) is 1.56. The van der Waals surface area contributed by atoms with Crippen molar-refractivity contribution in [2.45, 2.75) is 30.6 Å². The number of anilines is 2. The third-order valence-electron chi connectivity index (χ3n) is 3.87. The number of hydrogen-bond donors (Lipinski definition) is 0. The van der Waals surface area contributed by atoms with Crippen LogP contribution in [0.25, 0.3) is 0 Å². The van der Waals surface area contributed by atoms with Gasteiger partial charge in [-0.3, -0.25) is 0 Å². The van der Waals surface area contributed by atoms with Gasteiger partial charge in [-0.1, -0.05) is 23.9 Å². The lowest BCUT2D eigenvalue weighted by Gasteiger charge is -2.32. The number of aryl methyl sites for hydroxylation is 1. The van der Waals surface area contributed by atoms with Gasteiger partial charge in [0.25, 0.3) is 0 Å². The van der Waals surface area contributed by atoms with E-state index in [0.29, 0.717) is 0 Å². The lowest BCUT2D eigenvalue weighted by molar-refractivity contribution is 1.07. The Labute approximate surface area is 113 Å². The van der Waals surface area contributed by atoms with Gasteiger partial charge in [0.05, 0.1) is 11.4 Å². The molecule has 0 fully saturated rings. The molecule has 1 heterocycles. The summed E-state index contributed by atoms with van der Waals surface area (Å²) in [5.74, 6) is 0. The second kappa shape index (κ2) is 4.06. The normalized spacial score (nSPS) is 13.2. The van der Waals surface area contributed by atoms with Crippen molar-refractivity contribution in [3.05, 3.63) is 47.0 Å². The Morgan fingerprint density at radius 1 is 0.944 bits per heavy atom. The standard InChI is InChI=1S/C16H17NS/c1-10-9-15-16(12(3)11(10)2)17(4)13-7-5-6-8-14(13)18-15/h5-9H,1-4H3. The van der Waals surface area contributed by atoms with Crippen LogP contribution in [0.4, 0.5) is 11.4 Å². The molecule has 2 aromatic rings. The zero-order chi connectivity index (χ0) is 12.9. The van der Waals surface area contributed by atoms with Gasteiger partial charge in [0, 0.05) is 16.8 Å². The summed E-state index contributed by atoms with van der Waals surface area (Å²) in [6.45, 7) is 6.64. The first-order valence-electron chi connectivity index (χ1n) is 6.21. The number of fused-ring (bicyclic) bond motifs is 2. The number of rotatable bonds is 0. The Morgan fingerprint density at radius 2 is 1.67 bits per heavy atom. The first-order valence-corrected chi connectivity index (χ1v) is 7.02. The lowest BCUT2D eigenvalue weighted by atomic mass is 10.0. The summed E-state index contributed by atoms with van der Waals surface area (Å²) in [7, 11) is 2.17. The van der Waals surface area contributed by atoms with E-state index >= 15 is 0 Å². The van der Waals surface area contributed by atoms with Crippen molar-refractivity contribution in [3.8, 4) is 0 Å². The fraction of sp³-hybridized carbons (Fsp3) is 0.250. The van der Waals surface area contributed by atoms with Gasteiger partial charge < -0.3 is 4.90 Å². The molecule has 1 aliphatic rings. The molecule has 0 spiro atoms. The quantitative estimate of drug-likeness (QED) is 0.662. The van der Waals surface area contributed by atoms with E-state index in [0.717, 1.165) is 0 Å². The highest BCUT2D eigenvalue weighted by Gasteiger charge is 2.23. The Bertz CT molecular complexity index is 631. The van der Waals surface area contributed by atoms with Crippen LogP contribution < -0.4 is 4.90 Å². The van der Waals surface area contributed by atoms with Crippen molar-refractivity contribution in [1.29, 1.82) is 0 Å². The highest BCUT2D eigenvalue weighted by atomic mass is 32.2. The molecule has 0 bridgehead atoms. The van der Waals surface area contributed by atoms with Crippen LogP contribution in [0, 0.1) is 20.8 Å². The first kappa shape index (κ1) is 11.7. The summed E-state index contributed by atoms with van der Waals surface area (Å²) in [5.41, 5.74) is 6.85. The van der Waals surface area contributed by atoms with Crippen LogP contribution >= 0.6 is 11.8 Å². The molecule has 0 aliphatic carbocycles. The minimum atomic E-state index is 1.31. The van der Waals surface area contributed by atoms with E-state index in [1.165, 1.54) is 37.9 Å². The molecule has 0 atom stereocenters. The first-order chi connectivity index (χ1) is 8.59. The van der Waals surface area contributed by atoms with Crippen molar-refractivity contribution in [2.24, 2.45) is 0 Å². The monoisotopic (exact) mass is 255 g/mol. The molecule has 3 rings (SSSR count). The van der Waals surface area contributed by atoms with Crippen LogP contribution in [0.2, 0.25) is 0 Å². The van der Waals surface area contributed by atoms with Crippen molar-refractivity contribution in [1.82, 2.24) is 0 Å². The highest BCUT2D eigenvalue weighted by Crippen LogP contribution is 2.49. The summed E-state index contributed by atoms with van der Waals surface area (Å²) in [5, 5.41) is 0. The number of hydrogen-bond acceptors (Lipinski definition) is 2. The van der Waals surface area contributed by atoms with Gasteiger partial charge in [-0.2, -0.15) is 0 Å². The number of benzene rings is 2. The average Bonchev–Trinajstić information content (AvgIpc) is 2.36. The Morgan fingerprint density at radius 3 is 2.44 bits per heavy atom. The molecule has 0 saturated carbocycles. The third-order valence-corrected chi connectivity index (χ3v) is 4.97. The van der Waals surface area contributed by atoms with Crippen LogP contribution in [0.15, 0.2) is 40.1 Å².